The first-order chi connectivity index (χ1) is 17.6. The summed E-state index contributed by atoms with van der Waals surface area (Å²) in [6.45, 7) is 2.49. The SMILES string of the molecule is CC#CC(C=CCF)c1nc(C2C3CN(C(=O)Cc4ccccc4OC)CC32)n(-c2ncccn2)n1. The fourth-order valence-corrected chi connectivity index (χ4v) is 5.01. The monoisotopic (exact) mass is 486 g/mol. The van der Waals surface area contributed by atoms with Gasteiger partial charge >= 0.3 is 0 Å². The van der Waals surface area contributed by atoms with Crippen LogP contribution >= 0.6 is 0 Å². The molecule has 2 fully saturated rings. The number of hydrogen-bond donors (Lipinski definition) is 0. The second kappa shape index (κ2) is 10.3. The van der Waals surface area contributed by atoms with Gasteiger partial charge in [0, 0.05) is 37.0 Å². The molecule has 1 saturated carbocycles. The van der Waals surface area contributed by atoms with Crippen LogP contribution in [0.3, 0.4) is 0 Å². The minimum absolute atomic E-state index is 0.0913. The van der Waals surface area contributed by atoms with Gasteiger partial charge in [0.15, 0.2) is 5.82 Å². The van der Waals surface area contributed by atoms with Crippen LogP contribution in [0.25, 0.3) is 5.95 Å². The maximum atomic E-state index is 13.0. The number of piperidine rings is 1. The molecule has 3 atom stereocenters. The highest BCUT2D eigenvalue weighted by Gasteiger charge is 2.59. The third kappa shape index (κ3) is 4.59. The van der Waals surface area contributed by atoms with Gasteiger partial charge in [0.2, 0.25) is 5.91 Å². The molecule has 3 aromatic rings. The molecule has 1 aromatic carbocycles. The van der Waals surface area contributed by atoms with Crippen molar-refractivity contribution in [1.82, 2.24) is 29.6 Å². The number of hydrogen-bond acceptors (Lipinski definition) is 6. The fourth-order valence-electron chi connectivity index (χ4n) is 5.01. The number of alkyl halides is 1. The summed E-state index contributed by atoms with van der Waals surface area (Å²) in [5.41, 5.74) is 0.886. The van der Waals surface area contributed by atoms with Crippen molar-refractivity contribution in [3.05, 3.63) is 72.1 Å². The predicted octanol–water partition coefficient (Wildman–Crippen LogP) is 3.11. The summed E-state index contributed by atoms with van der Waals surface area (Å²) in [4.78, 5) is 28.5. The van der Waals surface area contributed by atoms with E-state index in [2.05, 4.69) is 26.9 Å². The molecule has 1 amide bonds. The number of likely N-dealkylation sites (tertiary alicyclic amines) is 1. The van der Waals surface area contributed by atoms with Gasteiger partial charge in [-0.15, -0.1) is 11.0 Å². The first-order valence-corrected chi connectivity index (χ1v) is 11.9. The summed E-state index contributed by atoms with van der Waals surface area (Å²) in [6, 6.07) is 9.35. The van der Waals surface area contributed by atoms with Gasteiger partial charge in [-0.25, -0.2) is 19.3 Å². The number of carbonyl (C=O) groups is 1. The number of amides is 1. The van der Waals surface area contributed by atoms with E-state index in [0.29, 0.717) is 43.1 Å². The van der Waals surface area contributed by atoms with Crippen molar-refractivity contribution in [2.45, 2.75) is 25.2 Å². The molecular formula is C27H27FN6O2. The maximum absolute atomic E-state index is 13.0. The molecule has 1 aliphatic heterocycles. The number of fused-ring (bicyclic) bond motifs is 1. The van der Waals surface area contributed by atoms with Crippen molar-refractivity contribution < 1.29 is 13.9 Å². The molecule has 2 aromatic heterocycles. The molecule has 2 aliphatic rings. The number of carbonyl (C=O) groups excluding carboxylic acids is 1. The average Bonchev–Trinajstić information content (AvgIpc) is 3.24. The lowest BCUT2D eigenvalue weighted by atomic mass is 10.1. The van der Waals surface area contributed by atoms with E-state index in [4.69, 9.17) is 9.72 Å². The topological polar surface area (TPSA) is 86.0 Å². The largest absolute Gasteiger partial charge is 0.496 e. The molecule has 1 saturated heterocycles. The minimum Gasteiger partial charge on any atom is -0.496 e. The number of aromatic nitrogens is 5. The number of rotatable bonds is 8. The zero-order chi connectivity index (χ0) is 25.1. The summed E-state index contributed by atoms with van der Waals surface area (Å²) in [7, 11) is 1.61. The number of allylic oxidation sites excluding steroid dienone is 2. The lowest BCUT2D eigenvalue weighted by molar-refractivity contribution is -0.130. The number of benzene rings is 1. The number of para-hydroxylation sites is 1. The molecule has 0 radical (unpaired) electrons. The molecule has 0 bridgehead atoms. The Labute approximate surface area is 209 Å². The summed E-state index contributed by atoms with van der Waals surface area (Å²) in [6.07, 6.45) is 6.73. The van der Waals surface area contributed by atoms with E-state index in [1.165, 1.54) is 6.08 Å². The molecule has 5 rings (SSSR count). The lowest BCUT2D eigenvalue weighted by Crippen LogP contribution is -2.33. The quantitative estimate of drug-likeness (QED) is 0.359. The van der Waals surface area contributed by atoms with Crippen LogP contribution < -0.4 is 4.74 Å². The third-order valence-electron chi connectivity index (χ3n) is 6.76. The second-order valence-corrected chi connectivity index (χ2v) is 8.88. The van der Waals surface area contributed by atoms with Gasteiger partial charge in [0.25, 0.3) is 5.95 Å². The Hall–Kier alpha value is -4.06. The van der Waals surface area contributed by atoms with E-state index in [9.17, 15) is 9.18 Å². The standard InChI is InChI=1S/C27H27FN6O2/c1-3-8-18(10-6-12-28)25-31-26(34(32-25)27-29-13-7-14-30-27)24-20-16-33(17-21(20)24)23(35)15-19-9-4-5-11-22(19)36-2/h4-7,9-11,13-14,18,20-21,24H,12,15-17H2,1-2H3. The smallest absolute Gasteiger partial charge is 0.252 e. The van der Waals surface area contributed by atoms with Crippen LogP contribution in [0.4, 0.5) is 4.39 Å². The van der Waals surface area contributed by atoms with Crippen LogP contribution in [0.2, 0.25) is 0 Å². The van der Waals surface area contributed by atoms with E-state index in [0.717, 1.165) is 17.1 Å². The van der Waals surface area contributed by atoms with Gasteiger partial charge in [0.05, 0.1) is 13.5 Å². The Kier molecular flexibility index (Phi) is 6.76. The highest BCUT2D eigenvalue weighted by molar-refractivity contribution is 5.80. The van der Waals surface area contributed by atoms with Crippen LogP contribution in [0.1, 0.15) is 36.0 Å². The molecule has 0 N–H and O–H groups in total. The van der Waals surface area contributed by atoms with Gasteiger partial charge in [-0.3, -0.25) is 4.79 Å². The van der Waals surface area contributed by atoms with Crippen LogP contribution in [0, 0.1) is 23.7 Å². The van der Waals surface area contributed by atoms with Gasteiger partial charge in [-0.2, -0.15) is 4.68 Å². The Bertz CT molecular complexity index is 1320. The summed E-state index contributed by atoms with van der Waals surface area (Å²) in [5.74, 6) is 8.73. The second-order valence-electron chi connectivity index (χ2n) is 8.88. The minimum atomic E-state index is -0.581. The predicted molar refractivity (Wildman–Crippen MR) is 131 cm³/mol. The van der Waals surface area contributed by atoms with Crippen molar-refractivity contribution in [2.24, 2.45) is 11.8 Å². The van der Waals surface area contributed by atoms with Crippen LogP contribution in [0.5, 0.6) is 5.75 Å². The molecule has 0 spiro atoms. The average molecular weight is 487 g/mol. The van der Waals surface area contributed by atoms with E-state index in [-0.39, 0.29) is 11.8 Å². The van der Waals surface area contributed by atoms with Gasteiger partial charge < -0.3 is 9.64 Å². The Morgan fingerprint density at radius 3 is 2.67 bits per heavy atom. The van der Waals surface area contributed by atoms with Crippen molar-refractivity contribution in [2.75, 3.05) is 26.9 Å². The zero-order valence-corrected chi connectivity index (χ0v) is 20.2. The van der Waals surface area contributed by atoms with Crippen molar-refractivity contribution in [3.63, 3.8) is 0 Å². The number of methoxy groups -OCH3 is 1. The fraction of sp³-hybridized carbons (Fsp3) is 0.370. The molecule has 1 aliphatic carbocycles. The van der Waals surface area contributed by atoms with Crippen LogP contribution in [-0.2, 0) is 11.2 Å². The first kappa shape index (κ1) is 23.7. The zero-order valence-electron chi connectivity index (χ0n) is 20.2. The molecule has 9 heteroatoms. The molecule has 3 unspecified atom stereocenters. The van der Waals surface area contributed by atoms with Crippen LogP contribution in [-0.4, -0.2) is 62.4 Å². The molecular weight excluding hydrogens is 459 g/mol. The molecule has 3 heterocycles. The summed E-state index contributed by atoms with van der Waals surface area (Å²) >= 11 is 0. The number of nitrogens with zero attached hydrogens (tertiary/aromatic N) is 6. The van der Waals surface area contributed by atoms with Crippen molar-refractivity contribution in [3.8, 4) is 23.5 Å². The Morgan fingerprint density at radius 1 is 1.22 bits per heavy atom. The molecule has 184 valence electrons. The third-order valence-corrected chi connectivity index (χ3v) is 6.76. The lowest BCUT2D eigenvalue weighted by Gasteiger charge is -2.20. The summed E-state index contributed by atoms with van der Waals surface area (Å²) < 4.78 is 19.9. The number of halogens is 1. The number of ether oxygens (including phenoxy) is 1. The van der Waals surface area contributed by atoms with E-state index in [1.807, 2.05) is 29.2 Å². The molecule has 8 nitrogen and oxygen atoms in total. The van der Waals surface area contributed by atoms with Gasteiger partial charge in [-0.1, -0.05) is 36.3 Å². The van der Waals surface area contributed by atoms with E-state index in [1.54, 1.807) is 43.3 Å². The Balaban J connectivity index is 1.36. The normalized spacial score (nSPS) is 21.1. The van der Waals surface area contributed by atoms with Gasteiger partial charge in [-0.05, 0) is 30.9 Å². The van der Waals surface area contributed by atoms with Crippen LogP contribution in [0.15, 0.2) is 54.9 Å². The van der Waals surface area contributed by atoms with Gasteiger partial charge in [0.1, 0.15) is 24.2 Å². The maximum Gasteiger partial charge on any atom is 0.252 e. The van der Waals surface area contributed by atoms with Crippen molar-refractivity contribution in [1.29, 1.82) is 0 Å². The highest BCUT2D eigenvalue weighted by atomic mass is 19.1. The van der Waals surface area contributed by atoms with E-state index < -0.39 is 12.6 Å². The Morgan fingerprint density at radius 2 is 1.97 bits per heavy atom. The summed E-state index contributed by atoms with van der Waals surface area (Å²) in [5, 5.41) is 4.68. The van der Waals surface area contributed by atoms with E-state index >= 15 is 0 Å². The highest BCUT2D eigenvalue weighted by Crippen LogP contribution is 2.58. The molecule has 36 heavy (non-hydrogen) atoms. The van der Waals surface area contributed by atoms with Crippen molar-refractivity contribution >= 4 is 5.91 Å². The first-order valence-electron chi connectivity index (χ1n) is 11.9.